The van der Waals surface area contributed by atoms with Crippen molar-refractivity contribution in [3.63, 3.8) is 0 Å². The van der Waals surface area contributed by atoms with Crippen molar-refractivity contribution in [3.8, 4) is 17.0 Å². The van der Waals surface area contributed by atoms with Crippen molar-refractivity contribution >= 4 is 0 Å². The van der Waals surface area contributed by atoms with Crippen molar-refractivity contribution in [3.05, 3.63) is 46.8 Å². The summed E-state index contributed by atoms with van der Waals surface area (Å²) in [7, 11) is 0. The average molecular weight is 288 g/mol. The number of alkyl halides is 4. The van der Waals surface area contributed by atoms with Gasteiger partial charge >= 0.3 is 12.5 Å². The van der Waals surface area contributed by atoms with Gasteiger partial charge in [-0.3, -0.25) is 4.79 Å². The summed E-state index contributed by atoms with van der Waals surface area (Å²) in [6, 6.07) is 7.66. The molecule has 0 saturated heterocycles. The molecule has 0 bridgehead atoms. The van der Waals surface area contributed by atoms with Crippen LogP contribution in [0.3, 0.4) is 0 Å². The molecule has 0 unspecified atom stereocenters. The lowest BCUT2D eigenvalue weighted by Crippen LogP contribution is -2.33. The molecule has 106 valence electrons. The zero-order valence-electron chi connectivity index (χ0n) is 9.82. The Hall–Kier alpha value is -2.38. The number of benzene rings is 1. The molecule has 1 aromatic heterocycles. The summed E-state index contributed by atoms with van der Waals surface area (Å²) in [4.78, 5) is 10.9. The first-order valence-corrected chi connectivity index (χ1v) is 5.39. The molecule has 2 aromatic rings. The molecule has 0 fully saturated rings. The standard InChI is InChI=1S/C12H8F4N2O2/c13-11(14)12(15,16)20-8-3-1-2-7(6-8)9-4-5-10(19)18-17-9/h1-6,11H,(H,18,19). The summed E-state index contributed by atoms with van der Waals surface area (Å²) >= 11 is 0. The minimum Gasteiger partial charge on any atom is -0.428 e. The number of ether oxygens (including phenoxy) is 1. The number of aromatic amines is 1. The second-order valence-corrected chi connectivity index (χ2v) is 3.80. The van der Waals surface area contributed by atoms with Gasteiger partial charge in [0.2, 0.25) is 0 Å². The topological polar surface area (TPSA) is 55.0 Å². The molecule has 20 heavy (non-hydrogen) atoms. The molecule has 8 heteroatoms. The van der Waals surface area contributed by atoms with Crippen LogP contribution in [0.2, 0.25) is 0 Å². The highest BCUT2D eigenvalue weighted by Gasteiger charge is 2.43. The Morgan fingerprint density at radius 1 is 1.20 bits per heavy atom. The third kappa shape index (κ3) is 3.14. The Morgan fingerprint density at radius 3 is 2.55 bits per heavy atom. The monoisotopic (exact) mass is 288 g/mol. The number of nitrogens with zero attached hydrogens (tertiary/aromatic N) is 1. The van der Waals surface area contributed by atoms with Gasteiger partial charge in [-0.2, -0.15) is 22.7 Å². The van der Waals surface area contributed by atoms with Crippen molar-refractivity contribution in [2.45, 2.75) is 12.5 Å². The summed E-state index contributed by atoms with van der Waals surface area (Å²) < 4.78 is 53.6. The van der Waals surface area contributed by atoms with Crippen LogP contribution in [-0.4, -0.2) is 22.7 Å². The molecule has 0 atom stereocenters. The van der Waals surface area contributed by atoms with Crippen LogP contribution in [0.4, 0.5) is 17.6 Å². The lowest BCUT2D eigenvalue weighted by atomic mass is 10.1. The van der Waals surface area contributed by atoms with Gasteiger partial charge < -0.3 is 4.74 Å². The van der Waals surface area contributed by atoms with E-state index in [4.69, 9.17) is 0 Å². The molecule has 0 saturated carbocycles. The Balaban J connectivity index is 2.29. The van der Waals surface area contributed by atoms with Crippen LogP contribution >= 0.6 is 0 Å². The van der Waals surface area contributed by atoms with Crippen molar-refractivity contribution < 1.29 is 22.3 Å². The smallest absolute Gasteiger partial charge is 0.428 e. The van der Waals surface area contributed by atoms with Crippen LogP contribution in [0.15, 0.2) is 41.2 Å². The van der Waals surface area contributed by atoms with E-state index >= 15 is 0 Å². The maximum Gasteiger partial charge on any atom is 0.461 e. The second kappa shape index (κ2) is 5.32. The fourth-order valence-corrected chi connectivity index (χ4v) is 1.43. The predicted molar refractivity (Wildman–Crippen MR) is 61.9 cm³/mol. The van der Waals surface area contributed by atoms with E-state index in [2.05, 4.69) is 14.9 Å². The highest BCUT2D eigenvalue weighted by Crippen LogP contribution is 2.29. The van der Waals surface area contributed by atoms with Gasteiger partial charge in [-0.05, 0) is 18.2 Å². The van der Waals surface area contributed by atoms with Gasteiger partial charge in [0.05, 0.1) is 5.69 Å². The van der Waals surface area contributed by atoms with Crippen LogP contribution in [0.25, 0.3) is 11.3 Å². The van der Waals surface area contributed by atoms with E-state index in [1.54, 1.807) is 0 Å². The van der Waals surface area contributed by atoms with Crippen molar-refractivity contribution in [2.24, 2.45) is 0 Å². The number of halogens is 4. The molecule has 0 radical (unpaired) electrons. The zero-order chi connectivity index (χ0) is 14.8. The van der Waals surface area contributed by atoms with E-state index in [1.807, 2.05) is 0 Å². The Labute approximate surface area is 110 Å². The van der Waals surface area contributed by atoms with E-state index in [9.17, 15) is 22.4 Å². The highest BCUT2D eigenvalue weighted by molar-refractivity contribution is 5.60. The van der Waals surface area contributed by atoms with Crippen LogP contribution < -0.4 is 10.3 Å². The quantitative estimate of drug-likeness (QED) is 0.880. The van der Waals surface area contributed by atoms with E-state index in [-0.39, 0.29) is 5.69 Å². The molecular weight excluding hydrogens is 280 g/mol. The number of rotatable bonds is 4. The summed E-state index contributed by atoms with van der Waals surface area (Å²) in [5.41, 5.74) is 0.199. The van der Waals surface area contributed by atoms with Crippen LogP contribution in [0, 0.1) is 0 Å². The van der Waals surface area contributed by atoms with Crippen LogP contribution in [-0.2, 0) is 0 Å². The molecule has 0 aliphatic rings. The highest BCUT2D eigenvalue weighted by atomic mass is 19.3. The summed E-state index contributed by atoms with van der Waals surface area (Å²) in [6.45, 7) is 0. The second-order valence-electron chi connectivity index (χ2n) is 3.80. The summed E-state index contributed by atoms with van der Waals surface area (Å²) in [6.07, 6.45) is -8.51. The van der Waals surface area contributed by atoms with Crippen LogP contribution in [0.1, 0.15) is 0 Å². The minimum atomic E-state index is -4.57. The fraction of sp³-hybridized carbons (Fsp3) is 0.167. The average Bonchev–Trinajstić information content (AvgIpc) is 2.39. The van der Waals surface area contributed by atoms with Crippen molar-refractivity contribution in [1.82, 2.24) is 10.2 Å². The molecule has 1 heterocycles. The maximum absolute atomic E-state index is 12.8. The van der Waals surface area contributed by atoms with Gasteiger partial charge in [0, 0.05) is 11.6 Å². The molecule has 0 spiro atoms. The SMILES string of the molecule is O=c1ccc(-c2cccc(OC(F)(F)C(F)F)c2)n[nH]1. The predicted octanol–water partition coefficient (Wildman–Crippen LogP) is 2.67. The Morgan fingerprint density at radius 2 is 1.95 bits per heavy atom. The first-order valence-electron chi connectivity index (χ1n) is 5.39. The van der Waals surface area contributed by atoms with Crippen molar-refractivity contribution in [2.75, 3.05) is 0 Å². The third-order valence-corrected chi connectivity index (χ3v) is 2.32. The van der Waals surface area contributed by atoms with Gasteiger partial charge in [0.15, 0.2) is 0 Å². The molecule has 4 nitrogen and oxygen atoms in total. The van der Waals surface area contributed by atoms with E-state index in [0.717, 1.165) is 12.1 Å². The largest absolute Gasteiger partial charge is 0.461 e. The van der Waals surface area contributed by atoms with Gasteiger partial charge in [-0.15, -0.1) is 0 Å². The first-order chi connectivity index (χ1) is 9.38. The third-order valence-electron chi connectivity index (χ3n) is 2.32. The maximum atomic E-state index is 12.8. The fourth-order valence-electron chi connectivity index (χ4n) is 1.43. The number of hydrogen-bond donors (Lipinski definition) is 1. The lowest BCUT2D eigenvalue weighted by Gasteiger charge is -2.17. The molecule has 2 rings (SSSR count). The van der Waals surface area contributed by atoms with E-state index < -0.39 is 23.8 Å². The molecule has 0 amide bonds. The number of nitrogens with one attached hydrogen (secondary N) is 1. The van der Waals surface area contributed by atoms with Gasteiger partial charge in [0.1, 0.15) is 5.75 Å². The lowest BCUT2D eigenvalue weighted by molar-refractivity contribution is -0.253. The van der Waals surface area contributed by atoms with Gasteiger partial charge in [-0.25, -0.2) is 5.10 Å². The number of aromatic nitrogens is 2. The molecule has 0 aliphatic carbocycles. The van der Waals surface area contributed by atoms with Gasteiger partial charge in [-0.1, -0.05) is 12.1 Å². The van der Waals surface area contributed by atoms with E-state index in [1.165, 1.54) is 24.3 Å². The van der Waals surface area contributed by atoms with Crippen molar-refractivity contribution in [1.29, 1.82) is 0 Å². The summed E-state index contributed by atoms with van der Waals surface area (Å²) in [5.74, 6) is -0.430. The van der Waals surface area contributed by atoms with Crippen LogP contribution in [0.5, 0.6) is 5.75 Å². The molecule has 1 aromatic carbocycles. The Kier molecular flexibility index (Phi) is 3.73. The number of H-pyrrole nitrogens is 1. The Bertz CT molecular complexity index is 637. The minimum absolute atomic E-state index is 0.287. The molecule has 1 N–H and O–H groups in total. The first kappa shape index (κ1) is 14.0. The van der Waals surface area contributed by atoms with Gasteiger partial charge in [0.25, 0.3) is 5.56 Å². The number of hydrogen-bond acceptors (Lipinski definition) is 3. The van der Waals surface area contributed by atoms with E-state index in [0.29, 0.717) is 5.56 Å². The molecular formula is C12H8F4N2O2. The normalized spacial score (nSPS) is 11.7. The molecule has 0 aliphatic heterocycles. The summed E-state index contributed by atoms with van der Waals surface area (Å²) in [5, 5.41) is 5.86. The zero-order valence-corrected chi connectivity index (χ0v) is 9.82.